The molecular formula is C16H25ClN2. The second-order valence-corrected chi connectivity index (χ2v) is 6.08. The smallest absolute Gasteiger partial charge is 0.0409 e. The Labute approximate surface area is 121 Å². The number of nitrogens with two attached hydrogens (primary N) is 1. The van der Waals surface area contributed by atoms with Gasteiger partial charge in [-0.05, 0) is 50.4 Å². The lowest BCUT2D eigenvalue weighted by Gasteiger charge is -2.43. The van der Waals surface area contributed by atoms with Crippen molar-refractivity contribution in [3.8, 4) is 0 Å². The number of likely N-dealkylation sites (tertiary alicyclic amines) is 1. The van der Waals surface area contributed by atoms with Gasteiger partial charge in [0, 0.05) is 23.1 Å². The van der Waals surface area contributed by atoms with Gasteiger partial charge in [0.2, 0.25) is 0 Å². The van der Waals surface area contributed by atoms with Crippen LogP contribution in [0.4, 0.5) is 0 Å². The highest BCUT2D eigenvalue weighted by Gasteiger charge is 2.30. The first kappa shape index (κ1) is 14.8. The summed E-state index contributed by atoms with van der Waals surface area (Å²) in [7, 11) is 0. The molecule has 19 heavy (non-hydrogen) atoms. The van der Waals surface area contributed by atoms with E-state index in [4.69, 9.17) is 17.3 Å². The summed E-state index contributed by atoms with van der Waals surface area (Å²) in [6.07, 6.45) is 4.90. The first-order valence-corrected chi connectivity index (χ1v) is 7.78. The molecule has 1 aliphatic rings. The number of benzene rings is 1. The summed E-state index contributed by atoms with van der Waals surface area (Å²) in [5.74, 6) is 0. The Kier molecular flexibility index (Phi) is 5.26. The van der Waals surface area contributed by atoms with Crippen LogP contribution in [-0.2, 0) is 0 Å². The Balaban J connectivity index is 2.24. The average Bonchev–Trinajstić information content (AvgIpc) is 2.40. The monoisotopic (exact) mass is 280 g/mol. The molecule has 0 amide bonds. The average molecular weight is 281 g/mol. The van der Waals surface area contributed by atoms with E-state index in [1.807, 2.05) is 12.1 Å². The minimum atomic E-state index is 0.230. The maximum Gasteiger partial charge on any atom is 0.0409 e. The molecule has 1 saturated heterocycles. The molecule has 1 heterocycles. The SMILES string of the molecule is CCC(c1cccc(Cl)c1)N1CCCCC1C(C)N. The van der Waals surface area contributed by atoms with Crippen LogP contribution in [0.1, 0.15) is 51.1 Å². The molecule has 106 valence electrons. The lowest BCUT2D eigenvalue weighted by molar-refractivity contribution is 0.0784. The molecular weight excluding hydrogens is 256 g/mol. The summed E-state index contributed by atoms with van der Waals surface area (Å²) in [5.41, 5.74) is 7.51. The van der Waals surface area contributed by atoms with Gasteiger partial charge in [-0.25, -0.2) is 0 Å². The van der Waals surface area contributed by atoms with Crippen molar-refractivity contribution in [3.05, 3.63) is 34.9 Å². The van der Waals surface area contributed by atoms with Crippen molar-refractivity contribution in [2.45, 2.75) is 57.7 Å². The Morgan fingerprint density at radius 1 is 1.42 bits per heavy atom. The Morgan fingerprint density at radius 3 is 2.84 bits per heavy atom. The van der Waals surface area contributed by atoms with E-state index in [0.717, 1.165) is 18.0 Å². The molecule has 0 saturated carbocycles. The van der Waals surface area contributed by atoms with E-state index in [0.29, 0.717) is 12.1 Å². The highest BCUT2D eigenvalue weighted by atomic mass is 35.5. The van der Waals surface area contributed by atoms with Gasteiger partial charge in [0.1, 0.15) is 0 Å². The van der Waals surface area contributed by atoms with Gasteiger partial charge in [-0.1, -0.05) is 37.1 Å². The van der Waals surface area contributed by atoms with Crippen LogP contribution < -0.4 is 5.73 Å². The lowest BCUT2D eigenvalue weighted by Crippen LogP contribution is -2.50. The molecule has 1 aromatic carbocycles. The molecule has 3 unspecified atom stereocenters. The van der Waals surface area contributed by atoms with Crippen molar-refractivity contribution in [2.75, 3.05) is 6.54 Å². The van der Waals surface area contributed by atoms with Crippen molar-refractivity contribution >= 4 is 11.6 Å². The molecule has 0 radical (unpaired) electrons. The maximum absolute atomic E-state index is 6.19. The van der Waals surface area contributed by atoms with Crippen LogP contribution in [-0.4, -0.2) is 23.5 Å². The molecule has 1 aromatic rings. The first-order chi connectivity index (χ1) is 9.13. The summed E-state index contributed by atoms with van der Waals surface area (Å²) >= 11 is 6.14. The van der Waals surface area contributed by atoms with Crippen LogP contribution in [0.3, 0.4) is 0 Å². The molecule has 1 fully saturated rings. The summed E-state index contributed by atoms with van der Waals surface area (Å²) in [4.78, 5) is 2.60. The molecule has 2 N–H and O–H groups in total. The van der Waals surface area contributed by atoms with Crippen LogP contribution in [0.15, 0.2) is 24.3 Å². The van der Waals surface area contributed by atoms with Gasteiger partial charge in [-0.3, -0.25) is 4.90 Å². The van der Waals surface area contributed by atoms with E-state index in [1.165, 1.54) is 24.8 Å². The van der Waals surface area contributed by atoms with E-state index < -0.39 is 0 Å². The second-order valence-electron chi connectivity index (χ2n) is 5.64. The summed E-state index contributed by atoms with van der Waals surface area (Å²) < 4.78 is 0. The van der Waals surface area contributed by atoms with Gasteiger partial charge >= 0.3 is 0 Å². The van der Waals surface area contributed by atoms with Gasteiger partial charge in [-0.2, -0.15) is 0 Å². The summed E-state index contributed by atoms with van der Waals surface area (Å²) in [5, 5.41) is 0.824. The van der Waals surface area contributed by atoms with Crippen molar-refractivity contribution in [1.82, 2.24) is 4.90 Å². The van der Waals surface area contributed by atoms with Gasteiger partial charge in [-0.15, -0.1) is 0 Å². The molecule has 0 bridgehead atoms. The molecule has 0 aliphatic carbocycles. The van der Waals surface area contributed by atoms with E-state index in [9.17, 15) is 0 Å². The maximum atomic E-state index is 6.19. The van der Waals surface area contributed by atoms with Gasteiger partial charge in [0.05, 0.1) is 0 Å². The largest absolute Gasteiger partial charge is 0.327 e. The van der Waals surface area contributed by atoms with E-state index >= 15 is 0 Å². The van der Waals surface area contributed by atoms with Gasteiger partial charge in [0.25, 0.3) is 0 Å². The van der Waals surface area contributed by atoms with Crippen molar-refractivity contribution in [2.24, 2.45) is 5.73 Å². The number of hydrogen-bond donors (Lipinski definition) is 1. The molecule has 3 heteroatoms. The standard InChI is InChI=1S/C16H25ClN2/c1-3-15(13-7-6-8-14(17)11-13)19-10-5-4-9-16(19)12(2)18/h6-8,11-12,15-16H,3-5,9-10,18H2,1-2H3. The Hall–Kier alpha value is -0.570. The van der Waals surface area contributed by atoms with E-state index in [2.05, 4.69) is 30.9 Å². The Morgan fingerprint density at radius 2 is 2.21 bits per heavy atom. The van der Waals surface area contributed by atoms with Crippen LogP contribution >= 0.6 is 11.6 Å². The summed E-state index contributed by atoms with van der Waals surface area (Å²) in [6.45, 7) is 5.53. The molecule has 3 atom stereocenters. The topological polar surface area (TPSA) is 29.3 Å². The predicted molar refractivity (Wildman–Crippen MR) is 82.5 cm³/mol. The summed E-state index contributed by atoms with van der Waals surface area (Å²) in [6, 6.07) is 9.44. The molecule has 2 nitrogen and oxygen atoms in total. The normalized spacial score (nSPS) is 24.1. The number of nitrogens with zero attached hydrogens (tertiary/aromatic N) is 1. The van der Waals surface area contributed by atoms with Crippen molar-refractivity contribution < 1.29 is 0 Å². The zero-order valence-corrected chi connectivity index (χ0v) is 12.7. The van der Waals surface area contributed by atoms with E-state index in [-0.39, 0.29) is 6.04 Å². The number of piperidine rings is 1. The number of halogens is 1. The second kappa shape index (κ2) is 6.74. The van der Waals surface area contributed by atoms with Crippen LogP contribution in [0.5, 0.6) is 0 Å². The van der Waals surface area contributed by atoms with Crippen molar-refractivity contribution in [1.29, 1.82) is 0 Å². The first-order valence-electron chi connectivity index (χ1n) is 7.40. The quantitative estimate of drug-likeness (QED) is 0.903. The third-order valence-electron chi connectivity index (χ3n) is 4.22. The molecule has 0 spiro atoms. The van der Waals surface area contributed by atoms with Crippen LogP contribution in [0.25, 0.3) is 0 Å². The zero-order chi connectivity index (χ0) is 13.8. The fourth-order valence-corrected chi connectivity index (χ4v) is 3.51. The van der Waals surface area contributed by atoms with E-state index in [1.54, 1.807) is 0 Å². The van der Waals surface area contributed by atoms with Crippen molar-refractivity contribution in [3.63, 3.8) is 0 Å². The number of hydrogen-bond acceptors (Lipinski definition) is 2. The lowest BCUT2D eigenvalue weighted by atomic mass is 9.92. The fraction of sp³-hybridized carbons (Fsp3) is 0.625. The highest BCUT2D eigenvalue weighted by Crippen LogP contribution is 2.32. The van der Waals surface area contributed by atoms with Gasteiger partial charge < -0.3 is 5.73 Å². The minimum absolute atomic E-state index is 0.230. The highest BCUT2D eigenvalue weighted by molar-refractivity contribution is 6.30. The van der Waals surface area contributed by atoms with Crippen LogP contribution in [0.2, 0.25) is 5.02 Å². The third-order valence-corrected chi connectivity index (χ3v) is 4.45. The molecule has 0 aromatic heterocycles. The van der Waals surface area contributed by atoms with Crippen LogP contribution in [0, 0.1) is 0 Å². The zero-order valence-electron chi connectivity index (χ0n) is 12.0. The third kappa shape index (κ3) is 3.50. The molecule has 2 rings (SSSR count). The minimum Gasteiger partial charge on any atom is -0.327 e. The predicted octanol–water partition coefficient (Wildman–Crippen LogP) is 3.99. The Bertz CT molecular complexity index is 405. The number of rotatable bonds is 4. The fourth-order valence-electron chi connectivity index (χ4n) is 3.31. The molecule has 1 aliphatic heterocycles. The van der Waals surface area contributed by atoms with Gasteiger partial charge in [0.15, 0.2) is 0 Å².